The lowest BCUT2D eigenvalue weighted by atomic mass is 10.5. The molecule has 0 unspecified atom stereocenters. The van der Waals surface area contributed by atoms with Crippen LogP contribution in [0.3, 0.4) is 0 Å². The van der Waals surface area contributed by atoms with Crippen molar-refractivity contribution in [3.8, 4) is 0 Å². The third kappa shape index (κ3) is 7.85. The van der Waals surface area contributed by atoms with Gasteiger partial charge in [0.05, 0.1) is 6.61 Å². The van der Waals surface area contributed by atoms with E-state index in [-0.39, 0.29) is 6.61 Å². The van der Waals surface area contributed by atoms with Crippen LogP contribution in [0.4, 0.5) is 8.78 Å². The standard InChI is InChI=1S/C6H9ClF2O/c7-3-1-2-4-10-5-6(8)9/h1-2,6H,3-5H2/b2-1+. The Hall–Kier alpha value is -0.150. The van der Waals surface area contributed by atoms with Crippen molar-refractivity contribution in [1.29, 1.82) is 0 Å². The van der Waals surface area contributed by atoms with Crippen LogP contribution in [0.2, 0.25) is 0 Å². The average Bonchev–Trinajstić information content (AvgIpc) is 1.87. The molecular formula is C6H9ClF2O. The first-order valence-corrected chi connectivity index (χ1v) is 3.37. The summed E-state index contributed by atoms with van der Waals surface area (Å²) in [5.41, 5.74) is 0. The minimum absolute atomic E-state index is 0.205. The predicted octanol–water partition coefficient (Wildman–Crippen LogP) is 2.06. The summed E-state index contributed by atoms with van der Waals surface area (Å²) in [4.78, 5) is 0. The van der Waals surface area contributed by atoms with Crippen molar-refractivity contribution in [1.82, 2.24) is 0 Å². The lowest BCUT2D eigenvalue weighted by molar-refractivity contribution is 0.0286. The van der Waals surface area contributed by atoms with Crippen LogP contribution in [0.5, 0.6) is 0 Å². The molecule has 0 aliphatic rings. The number of hydrogen-bond donors (Lipinski definition) is 0. The maximum absolute atomic E-state index is 11.4. The fourth-order valence-corrected chi connectivity index (χ4v) is 0.482. The van der Waals surface area contributed by atoms with Crippen molar-refractivity contribution in [3.63, 3.8) is 0 Å². The Morgan fingerprint density at radius 1 is 1.40 bits per heavy atom. The molecule has 4 heteroatoms. The van der Waals surface area contributed by atoms with Gasteiger partial charge in [-0.15, -0.1) is 11.6 Å². The molecule has 0 aliphatic carbocycles. The smallest absolute Gasteiger partial charge is 0.261 e. The molecule has 0 saturated carbocycles. The van der Waals surface area contributed by atoms with E-state index in [9.17, 15) is 8.78 Å². The van der Waals surface area contributed by atoms with E-state index in [2.05, 4.69) is 4.74 Å². The van der Waals surface area contributed by atoms with Gasteiger partial charge in [0.25, 0.3) is 6.43 Å². The van der Waals surface area contributed by atoms with Gasteiger partial charge in [0, 0.05) is 5.88 Å². The Kier molecular flexibility index (Phi) is 6.86. The second-order valence-electron chi connectivity index (χ2n) is 1.55. The molecule has 60 valence electrons. The molecule has 10 heavy (non-hydrogen) atoms. The molecule has 0 aromatic rings. The second-order valence-corrected chi connectivity index (χ2v) is 1.86. The molecule has 0 spiro atoms. The summed E-state index contributed by atoms with van der Waals surface area (Å²) >= 11 is 5.25. The monoisotopic (exact) mass is 170 g/mol. The van der Waals surface area contributed by atoms with E-state index >= 15 is 0 Å². The van der Waals surface area contributed by atoms with Gasteiger partial charge >= 0.3 is 0 Å². The van der Waals surface area contributed by atoms with Gasteiger partial charge in [-0.3, -0.25) is 0 Å². The van der Waals surface area contributed by atoms with E-state index in [1.54, 1.807) is 12.2 Å². The summed E-state index contributed by atoms with van der Waals surface area (Å²) in [6.07, 6.45) is 0.868. The molecule has 0 aromatic carbocycles. The molecule has 0 amide bonds. The number of halogens is 3. The molecule has 0 bridgehead atoms. The van der Waals surface area contributed by atoms with Crippen LogP contribution in [-0.4, -0.2) is 25.5 Å². The Bertz CT molecular complexity index is 95.7. The summed E-state index contributed by atoms with van der Waals surface area (Å²) < 4.78 is 27.2. The van der Waals surface area contributed by atoms with Crippen LogP contribution in [0, 0.1) is 0 Å². The highest BCUT2D eigenvalue weighted by Crippen LogP contribution is 1.92. The zero-order valence-corrected chi connectivity index (χ0v) is 6.15. The van der Waals surface area contributed by atoms with Crippen LogP contribution in [0.25, 0.3) is 0 Å². The SMILES string of the molecule is FC(F)COC/C=C/CCl. The van der Waals surface area contributed by atoms with E-state index in [0.717, 1.165) is 0 Å². The highest BCUT2D eigenvalue weighted by molar-refractivity contribution is 6.18. The molecule has 0 heterocycles. The fraction of sp³-hybridized carbons (Fsp3) is 0.667. The first-order valence-electron chi connectivity index (χ1n) is 2.84. The number of alkyl halides is 3. The molecule has 0 radical (unpaired) electrons. The molecular weight excluding hydrogens is 162 g/mol. The van der Waals surface area contributed by atoms with Crippen LogP contribution in [0.1, 0.15) is 0 Å². The van der Waals surface area contributed by atoms with Crippen molar-refractivity contribution >= 4 is 11.6 Å². The van der Waals surface area contributed by atoms with E-state index in [1.165, 1.54) is 0 Å². The summed E-state index contributed by atoms with van der Waals surface area (Å²) in [5, 5.41) is 0. The zero-order chi connectivity index (χ0) is 7.82. The maximum atomic E-state index is 11.4. The number of ether oxygens (including phenoxy) is 1. The van der Waals surface area contributed by atoms with Crippen LogP contribution in [-0.2, 0) is 4.74 Å². The average molecular weight is 171 g/mol. The van der Waals surface area contributed by atoms with E-state index in [1.807, 2.05) is 0 Å². The molecule has 1 nitrogen and oxygen atoms in total. The van der Waals surface area contributed by atoms with Crippen molar-refractivity contribution < 1.29 is 13.5 Å². The maximum Gasteiger partial charge on any atom is 0.261 e. The Morgan fingerprint density at radius 2 is 2.10 bits per heavy atom. The summed E-state index contributed by atoms with van der Waals surface area (Å²) in [7, 11) is 0. The van der Waals surface area contributed by atoms with E-state index in [4.69, 9.17) is 11.6 Å². The van der Waals surface area contributed by atoms with Crippen molar-refractivity contribution in [2.45, 2.75) is 6.43 Å². The van der Waals surface area contributed by atoms with Gasteiger partial charge in [0.1, 0.15) is 6.61 Å². The molecule has 0 atom stereocenters. The second kappa shape index (κ2) is 6.96. The van der Waals surface area contributed by atoms with Gasteiger partial charge in [0.2, 0.25) is 0 Å². The van der Waals surface area contributed by atoms with E-state index in [0.29, 0.717) is 5.88 Å². The minimum atomic E-state index is -2.38. The van der Waals surface area contributed by atoms with Crippen LogP contribution >= 0.6 is 11.6 Å². The van der Waals surface area contributed by atoms with Crippen molar-refractivity contribution in [2.24, 2.45) is 0 Å². The molecule has 0 fully saturated rings. The van der Waals surface area contributed by atoms with Crippen LogP contribution in [0.15, 0.2) is 12.2 Å². The fourth-order valence-electron chi connectivity index (χ4n) is 0.356. The first kappa shape index (κ1) is 9.85. The number of rotatable bonds is 5. The molecule has 0 aromatic heterocycles. The van der Waals surface area contributed by atoms with Crippen molar-refractivity contribution in [3.05, 3.63) is 12.2 Å². The lowest BCUT2D eigenvalue weighted by Crippen LogP contribution is -2.03. The molecule has 0 aliphatic heterocycles. The van der Waals surface area contributed by atoms with Gasteiger partial charge in [-0.2, -0.15) is 0 Å². The predicted molar refractivity (Wildman–Crippen MR) is 36.7 cm³/mol. The summed E-state index contributed by atoms with van der Waals surface area (Å²) in [5.74, 6) is 0.387. The quantitative estimate of drug-likeness (QED) is 0.349. The van der Waals surface area contributed by atoms with Gasteiger partial charge in [-0.1, -0.05) is 12.2 Å². The zero-order valence-electron chi connectivity index (χ0n) is 5.40. The Balaban J connectivity index is 2.97. The number of hydrogen-bond acceptors (Lipinski definition) is 1. The Morgan fingerprint density at radius 3 is 2.60 bits per heavy atom. The third-order valence-electron chi connectivity index (χ3n) is 0.714. The Labute approximate surface area is 63.6 Å². The lowest BCUT2D eigenvalue weighted by Gasteiger charge is -1.97. The normalized spacial score (nSPS) is 11.6. The third-order valence-corrected chi connectivity index (χ3v) is 0.892. The van der Waals surface area contributed by atoms with Gasteiger partial charge in [-0.25, -0.2) is 8.78 Å². The first-order chi connectivity index (χ1) is 4.77. The highest BCUT2D eigenvalue weighted by atomic mass is 35.5. The topological polar surface area (TPSA) is 9.23 Å². The van der Waals surface area contributed by atoms with Crippen LogP contribution < -0.4 is 0 Å². The number of allylic oxidation sites excluding steroid dienone is 1. The van der Waals surface area contributed by atoms with Gasteiger partial charge < -0.3 is 4.74 Å². The summed E-state index contributed by atoms with van der Waals surface area (Å²) in [6, 6.07) is 0. The van der Waals surface area contributed by atoms with Gasteiger partial charge in [-0.05, 0) is 0 Å². The largest absolute Gasteiger partial charge is 0.371 e. The van der Waals surface area contributed by atoms with E-state index < -0.39 is 13.0 Å². The molecule has 0 rings (SSSR count). The molecule has 0 saturated heterocycles. The van der Waals surface area contributed by atoms with Crippen molar-refractivity contribution in [2.75, 3.05) is 19.1 Å². The molecule has 0 N–H and O–H groups in total. The summed E-state index contributed by atoms with van der Waals surface area (Å²) in [6.45, 7) is -0.302. The highest BCUT2D eigenvalue weighted by Gasteiger charge is 1.98. The van der Waals surface area contributed by atoms with Gasteiger partial charge in [0.15, 0.2) is 0 Å². The minimum Gasteiger partial charge on any atom is -0.371 e.